The van der Waals surface area contributed by atoms with Gasteiger partial charge in [-0.25, -0.2) is 0 Å². The molecule has 0 amide bonds. The first-order chi connectivity index (χ1) is 7.16. The summed E-state index contributed by atoms with van der Waals surface area (Å²) in [5.41, 5.74) is 3.64. The van der Waals surface area contributed by atoms with Gasteiger partial charge in [-0.3, -0.25) is 0 Å². The molecule has 2 aromatic carbocycles. The maximum absolute atomic E-state index is 5.85. The van der Waals surface area contributed by atoms with Crippen LogP contribution in [0.5, 0.6) is 0 Å². The fourth-order valence-corrected chi connectivity index (χ4v) is 1.84. The number of rotatable bonds is 1. The predicted molar refractivity (Wildman–Crippen MR) is 69.3 cm³/mol. The third kappa shape index (κ3) is 2.42. The van der Waals surface area contributed by atoms with Crippen LogP contribution >= 0.6 is 27.5 Å². The average molecular weight is 282 g/mol. The van der Waals surface area contributed by atoms with Gasteiger partial charge in [0, 0.05) is 9.50 Å². The number of hydrogen-bond acceptors (Lipinski definition) is 0. The summed E-state index contributed by atoms with van der Waals surface area (Å²) in [6, 6.07) is 14.2. The molecule has 0 bridgehead atoms. The van der Waals surface area contributed by atoms with Crippen molar-refractivity contribution >= 4 is 27.5 Å². The third-order valence-electron chi connectivity index (χ3n) is 2.34. The van der Waals surface area contributed by atoms with E-state index in [4.69, 9.17) is 11.6 Å². The molecule has 0 atom stereocenters. The molecule has 0 nitrogen and oxygen atoms in total. The van der Waals surface area contributed by atoms with E-state index in [0.29, 0.717) is 0 Å². The summed E-state index contributed by atoms with van der Waals surface area (Å²) >= 11 is 9.34. The molecule has 0 radical (unpaired) electrons. The number of aryl methyl sites for hydroxylation is 1. The lowest BCUT2D eigenvalue weighted by atomic mass is 10.0. The molecule has 76 valence electrons. The van der Waals surface area contributed by atoms with Gasteiger partial charge in [0.15, 0.2) is 0 Å². The van der Waals surface area contributed by atoms with Crippen LogP contribution in [0.3, 0.4) is 0 Å². The van der Waals surface area contributed by atoms with Crippen molar-refractivity contribution in [3.05, 3.63) is 57.5 Å². The van der Waals surface area contributed by atoms with Crippen molar-refractivity contribution in [3.63, 3.8) is 0 Å². The molecule has 15 heavy (non-hydrogen) atoms. The van der Waals surface area contributed by atoms with E-state index in [2.05, 4.69) is 41.1 Å². The van der Waals surface area contributed by atoms with Crippen LogP contribution in [0.25, 0.3) is 11.1 Å². The Bertz CT molecular complexity index is 474. The van der Waals surface area contributed by atoms with Gasteiger partial charge >= 0.3 is 0 Å². The average Bonchev–Trinajstić information content (AvgIpc) is 2.23. The van der Waals surface area contributed by atoms with Crippen molar-refractivity contribution in [2.75, 3.05) is 0 Å². The highest BCUT2D eigenvalue weighted by Crippen LogP contribution is 2.25. The lowest BCUT2D eigenvalue weighted by Crippen LogP contribution is -1.80. The normalized spacial score (nSPS) is 10.3. The van der Waals surface area contributed by atoms with Crippen molar-refractivity contribution in [2.24, 2.45) is 0 Å². The Morgan fingerprint density at radius 3 is 2.13 bits per heavy atom. The zero-order valence-electron chi connectivity index (χ0n) is 8.30. The van der Waals surface area contributed by atoms with Crippen molar-refractivity contribution in [1.82, 2.24) is 0 Å². The monoisotopic (exact) mass is 280 g/mol. The molecule has 2 rings (SSSR count). The van der Waals surface area contributed by atoms with E-state index in [1.807, 2.05) is 24.3 Å². The second kappa shape index (κ2) is 4.38. The number of halogens is 2. The number of hydrogen-bond donors (Lipinski definition) is 0. The molecule has 0 spiro atoms. The molecule has 0 aliphatic rings. The Morgan fingerprint density at radius 2 is 1.53 bits per heavy atom. The minimum atomic E-state index is 0.771. The Hall–Kier alpha value is -0.790. The molecule has 0 saturated carbocycles. The van der Waals surface area contributed by atoms with Gasteiger partial charge in [-0.2, -0.15) is 0 Å². The molecule has 0 fully saturated rings. The van der Waals surface area contributed by atoms with E-state index in [9.17, 15) is 0 Å². The van der Waals surface area contributed by atoms with Crippen molar-refractivity contribution < 1.29 is 0 Å². The van der Waals surface area contributed by atoms with Crippen molar-refractivity contribution in [3.8, 4) is 11.1 Å². The SMILES string of the molecule is Cc1cc(-c2ccc(Cl)cc2)ccc1Br. The van der Waals surface area contributed by atoms with Gasteiger partial charge in [0.1, 0.15) is 0 Å². The smallest absolute Gasteiger partial charge is 0.0406 e. The van der Waals surface area contributed by atoms with Gasteiger partial charge in [0.25, 0.3) is 0 Å². The maximum atomic E-state index is 5.85. The first-order valence-electron chi connectivity index (χ1n) is 4.69. The van der Waals surface area contributed by atoms with Crippen LogP contribution in [0.15, 0.2) is 46.9 Å². The van der Waals surface area contributed by atoms with E-state index in [1.165, 1.54) is 16.7 Å². The summed E-state index contributed by atoms with van der Waals surface area (Å²) < 4.78 is 1.14. The summed E-state index contributed by atoms with van der Waals surface area (Å²) in [5.74, 6) is 0. The molecule has 0 aliphatic carbocycles. The van der Waals surface area contributed by atoms with Crippen molar-refractivity contribution in [1.29, 1.82) is 0 Å². The molecule has 0 aromatic heterocycles. The van der Waals surface area contributed by atoms with Crippen LogP contribution in [-0.2, 0) is 0 Å². The van der Waals surface area contributed by atoms with Crippen LogP contribution in [-0.4, -0.2) is 0 Å². The largest absolute Gasteiger partial charge is 0.0843 e. The lowest BCUT2D eigenvalue weighted by molar-refractivity contribution is 1.43. The highest BCUT2D eigenvalue weighted by Gasteiger charge is 2.00. The topological polar surface area (TPSA) is 0 Å². The zero-order chi connectivity index (χ0) is 10.8. The predicted octanol–water partition coefficient (Wildman–Crippen LogP) is 5.08. The highest BCUT2D eigenvalue weighted by molar-refractivity contribution is 9.10. The van der Waals surface area contributed by atoms with E-state index in [0.717, 1.165) is 9.50 Å². The molecular formula is C13H10BrCl. The van der Waals surface area contributed by atoms with Crippen molar-refractivity contribution in [2.45, 2.75) is 6.92 Å². The minimum Gasteiger partial charge on any atom is -0.0843 e. The van der Waals surface area contributed by atoms with Crippen LogP contribution in [0, 0.1) is 6.92 Å². The minimum absolute atomic E-state index is 0.771. The highest BCUT2D eigenvalue weighted by atomic mass is 79.9. The van der Waals surface area contributed by atoms with Crippen LogP contribution in [0.4, 0.5) is 0 Å². The van der Waals surface area contributed by atoms with Crippen LogP contribution in [0.1, 0.15) is 5.56 Å². The molecular weight excluding hydrogens is 272 g/mol. The van der Waals surface area contributed by atoms with Crippen LogP contribution in [0.2, 0.25) is 5.02 Å². The first kappa shape index (κ1) is 10.7. The Kier molecular flexibility index (Phi) is 3.13. The summed E-state index contributed by atoms with van der Waals surface area (Å²) in [4.78, 5) is 0. The molecule has 0 unspecified atom stereocenters. The number of benzene rings is 2. The van der Waals surface area contributed by atoms with E-state index < -0.39 is 0 Å². The standard InChI is InChI=1S/C13H10BrCl/c1-9-8-11(4-7-13(9)14)10-2-5-12(15)6-3-10/h2-8H,1H3. The fourth-order valence-electron chi connectivity index (χ4n) is 1.47. The summed E-state index contributed by atoms with van der Waals surface area (Å²) in [6.07, 6.45) is 0. The molecule has 2 heteroatoms. The second-order valence-electron chi connectivity index (χ2n) is 3.47. The molecule has 0 saturated heterocycles. The maximum Gasteiger partial charge on any atom is 0.0406 e. The van der Waals surface area contributed by atoms with Gasteiger partial charge < -0.3 is 0 Å². The molecule has 0 heterocycles. The molecule has 2 aromatic rings. The van der Waals surface area contributed by atoms with Gasteiger partial charge in [-0.1, -0.05) is 51.8 Å². The Balaban J connectivity index is 2.45. The summed E-state index contributed by atoms with van der Waals surface area (Å²) in [7, 11) is 0. The lowest BCUT2D eigenvalue weighted by Gasteiger charge is -2.04. The van der Waals surface area contributed by atoms with E-state index >= 15 is 0 Å². The Labute approximate surface area is 103 Å². The summed E-state index contributed by atoms with van der Waals surface area (Å²) in [5, 5.41) is 0.771. The van der Waals surface area contributed by atoms with Gasteiger partial charge in [-0.15, -0.1) is 0 Å². The third-order valence-corrected chi connectivity index (χ3v) is 3.48. The second-order valence-corrected chi connectivity index (χ2v) is 4.76. The quantitative estimate of drug-likeness (QED) is 0.684. The van der Waals surface area contributed by atoms with E-state index in [-0.39, 0.29) is 0 Å². The summed E-state index contributed by atoms with van der Waals surface area (Å²) in [6.45, 7) is 2.09. The molecule has 0 aliphatic heterocycles. The molecule has 0 N–H and O–H groups in total. The van der Waals surface area contributed by atoms with Gasteiger partial charge in [0.05, 0.1) is 0 Å². The van der Waals surface area contributed by atoms with Gasteiger partial charge in [0.2, 0.25) is 0 Å². The Morgan fingerprint density at radius 1 is 0.933 bits per heavy atom. The van der Waals surface area contributed by atoms with Gasteiger partial charge in [-0.05, 0) is 41.8 Å². The first-order valence-corrected chi connectivity index (χ1v) is 5.86. The zero-order valence-corrected chi connectivity index (χ0v) is 10.6. The van der Waals surface area contributed by atoms with E-state index in [1.54, 1.807) is 0 Å². The fraction of sp³-hybridized carbons (Fsp3) is 0.0769. The van der Waals surface area contributed by atoms with Crippen LogP contribution < -0.4 is 0 Å².